The molecule has 30 nitrogen and oxygen atoms in total. The molecule has 0 radical (unpaired) electrons. The van der Waals surface area contributed by atoms with Gasteiger partial charge in [-0.1, -0.05) is 54.6 Å². The molecule has 0 spiro atoms. The standard InChI is InChI=1S/2C29H35N5O4.C20H24ClN3O3.C14H20ClN3O3/c2*1-4-30-28(35)31-22-12-10-21(11-13-22)26-32-25-24(27(33-26)34-15-17-36-18-20(34)2)19-38-29(25,3)14-16-37-23-8-6-5-7-9-23;1-14-12-25-11-9-24(14)18-16-13-27-20(2,17(16)22-19(21)23-18)8-10-26-15-6-4-3-5-7-15;1-9-7-20-6-4-18(9)12-10-8-21-14(2,3-5-19)11(10)16-13(15)17-12/h2*5-13,20H,4,14-19H2,1-3H3,(H2,30,31,35);3-7,14H,8-13H2,1-2H3;9,19H,3-8H2,1-2H3/t20-,29+;20-,29-;14-,20?;9-,14?/m0000/s1. The summed E-state index contributed by atoms with van der Waals surface area (Å²) in [6.45, 7) is 33.4. The average Bonchev–Trinajstić information content (AvgIpc) is 1.59. The van der Waals surface area contributed by atoms with Crippen LogP contribution in [0.3, 0.4) is 0 Å². The number of urea groups is 2. The molecule has 5 N–H and O–H groups in total. The highest BCUT2D eigenvalue weighted by molar-refractivity contribution is 6.28. The van der Waals surface area contributed by atoms with Gasteiger partial charge in [-0.05, 0) is 177 Å². The largest absolute Gasteiger partial charge is 0.493 e. The van der Waals surface area contributed by atoms with E-state index in [1.165, 1.54) is 0 Å². The van der Waals surface area contributed by atoms with Gasteiger partial charge in [0, 0.05) is 116 Å². The minimum atomic E-state index is -0.605. The fraction of sp³-hybridized carbons (Fsp3) is 0.478. The summed E-state index contributed by atoms with van der Waals surface area (Å²) in [5.74, 6) is 7.28. The molecule has 32 heteroatoms. The summed E-state index contributed by atoms with van der Waals surface area (Å²) in [5.41, 5.74) is 8.31. The Morgan fingerprint density at radius 1 is 0.403 bits per heavy atom. The average molecular weight is 1740 g/mol. The highest BCUT2D eigenvalue weighted by atomic mass is 35.5. The maximum Gasteiger partial charge on any atom is 0.319 e. The summed E-state index contributed by atoms with van der Waals surface area (Å²) >= 11 is 12.4. The molecule has 660 valence electrons. The highest BCUT2D eigenvalue weighted by Crippen LogP contribution is 2.48. The second kappa shape index (κ2) is 41.3. The molecule has 4 saturated heterocycles. The minimum absolute atomic E-state index is 0.0425. The van der Waals surface area contributed by atoms with Crippen LogP contribution in [-0.2, 0) is 86.7 Å². The number of nitrogens with one attached hydrogen (secondary N) is 4. The van der Waals surface area contributed by atoms with Crippen LogP contribution in [0.5, 0.6) is 17.2 Å². The van der Waals surface area contributed by atoms with Crippen molar-refractivity contribution in [3.63, 3.8) is 0 Å². The fourth-order valence-electron chi connectivity index (χ4n) is 16.4. The van der Waals surface area contributed by atoms with Gasteiger partial charge in [0.1, 0.15) is 62.9 Å². The van der Waals surface area contributed by atoms with Crippen molar-refractivity contribution in [2.75, 3.05) is 149 Å². The number of anilines is 6. The summed E-state index contributed by atoms with van der Waals surface area (Å²) in [4.78, 5) is 70.9. The first kappa shape index (κ1) is 90.0. The number of aliphatic hydroxyl groups excluding tert-OH is 1. The predicted octanol–water partition coefficient (Wildman–Crippen LogP) is 14.5. The van der Waals surface area contributed by atoms with Gasteiger partial charge in [-0.25, -0.2) is 49.5 Å². The van der Waals surface area contributed by atoms with E-state index in [2.05, 4.69) is 102 Å². The molecule has 12 heterocycles. The van der Waals surface area contributed by atoms with Crippen LogP contribution in [0.25, 0.3) is 22.8 Å². The Morgan fingerprint density at radius 2 is 0.685 bits per heavy atom. The summed E-state index contributed by atoms with van der Waals surface area (Å²) in [6.07, 6.45) is 2.48. The maximum absolute atomic E-state index is 11.9. The van der Waals surface area contributed by atoms with Gasteiger partial charge in [-0.15, -0.1) is 0 Å². The van der Waals surface area contributed by atoms with Gasteiger partial charge >= 0.3 is 12.1 Å². The normalized spacial score (nSPS) is 22.9. The third-order valence-corrected chi connectivity index (χ3v) is 23.8. The number of aliphatic hydroxyl groups is 1. The van der Waals surface area contributed by atoms with Gasteiger partial charge in [-0.2, -0.15) is 0 Å². The lowest BCUT2D eigenvalue weighted by molar-refractivity contribution is -0.0411. The third-order valence-electron chi connectivity index (χ3n) is 23.4. The van der Waals surface area contributed by atoms with Crippen LogP contribution in [-0.4, -0.2) is 200 Å². The van der Waals surface area contributed by atoms with Crippen molar-refractivity contribution in [2.24, 2.45) is 0 Å². The van der Waals surface area contributed by atoms with Gasteiger partial charge in [0.2, 0.25) is 10.6 Å². The van der Waals surface area contributed by atoms with E-state index in [4.69, 9.17) is 95.2 Å². The van der Waals surface area contributed by atoms with E-state index in [9.17, 15) is 14.7 Å². The molecule has 0 bridgehead atoms. The number of benzene rings is 5. The van der Waals surface area contributed by atoms with E-state index in [0.717, 1.165) is 123 Å². The molecule has 9 aromatic rings. The molecule has 4 amide bonds. The fourth-order valence-corrected chi connectivity index (χ4v) is 16.7. The Labute approximate surface area is 735 Å². The van der Waals surface area contributed by atoms with Crippen LogP contribution in [0.4, 0.5) is 44.2 Å². The lowest BCUT2D eigenvalue weighted by Gasteiger charge is -2.35. The number of carbonyl (C=O) groups excluding carboxylic acids is 2. The summed E-state index contributed by atoms with van der Waals surface area (Å²) in [6, 6.07) is 45.0. The van der Waals surface area contributed by atoms with E-state index in [-0.39, 0.29) is 53.4 Å². The lowest BCUT2D eigenvalue weighted by atomic mass is 9.96. The molecule has 17 rings (SSSR count). The first-order chi connectivity index (χ1) is 60.0. The summed E-state index contributed by atoms with van der Waals surface area (Å²) in [5, 5.41) is 20.9. The lowest BCUT2D eigenvalue weighted by Crippen LogP contribution is -2.44. The number of halogens is 2. The Balaban J connectivity index is 0.000000138. The zero-order valence-electron chi connectivity index (χ0n) is 72.4. The van der Waals surface area contributed by atoms with E-state index >= 15 is 0 Å². The number of hydrogen-bond donors (Lipinski definition) is 5. The van der Waals surface area contributed by atoms with Crippen LogP contribution in [0.15, 0.2) is 140 Å². The van der Waals surface area contributed by atoms with E-state index in [0.29, 0.717) is 161 Å². The number of hydrogen-bond acceptors (Lipinski definition) is 26. The zero-order chi connectivity index (χ0) is 87.0. The van der Waals surface area contributed by atoms with E-state index in [1.54, 1.807) is 0 Å². The molecule has 4 fully saturated rings. The number of amides is 4. The van der Waals surface area contributed by atoms with Crippen LogP contribution in [0.2, 0.25) is 10.6 Å². The van der Waals surface area contributed by atoms with Crippen LogP contribution in [0.1, 0.15) is 140 Å². The highest BCUT2D eigenvalue weighted by Gasteiger charge is 2.46. The monoisotopic (exact) mass is 1740 g/mol. The minimum Gasteiger partial charge on any atom is -0.493 e. The van der Waals surface area contributed by atoms with Crippen molar-refractivity contribution in [2.45, 2.75) is 168 Å². The molecule has 0 aliphatic carbocycles. The Morgan fingerprint density at radius 3 is 0.968 bits per heavy atom. The zero-order valence-corrected chi connectivity index (χ0v) is 73.9. The van der Waals surface area contributed by atoms with Gasteiger partial charge in [0.05, 0.1) is 146 Å². The SMILES string of the molecule is CCNC(=O)Nc1ccc(-c2nc(N3CCOC[C@@H]3C)c3c(n2)[C@@](C)(CCOc2ccccc2)OC3)cc1.CCNC(=O)Nc1ccc(-c2nc(N3CCOC[C@@H]3C)c3c(n2)[C@](C)(CCOc2ccccc2)OC3)cc1.C[C@H]1COCCN1c1nc(Cl)nc2c1COC2(C)CCO.C[C@H]1COCCN1c1nc(Cl)nc2c1COC2(C)CCOc1ccccc1. The molecular formula is C92H114Cl2N16O14. The molecule has 8 aliphatic rings. The number of rotatable bonds is 24. The van der Waals surface area contributed by atoms with E-state index in [1.807, 2.05) is 167 Å². The third kappa shape index (κ3) is 21.5. The number of carbonyl (C=O) groups is 2. The summed E-state index contributed by atoms with van der Waals surface area (Å²) < 4.78 is 65.1. The van der Waals surface area contributed by atoms with Gasteiger partial charge < -0.3 is 98.1 Å². The molecule has 8 atom stereocenters. The predicted molar refractivity (Wildman–Crippen MR) is 475 cm³/mol. The van der Waals surface area contributed by atoms with Crippen LogP contribution < -0.4 is 55.1 Å². The Bertz CT molecular complexity index is 4870. The number of nitrogens with zero attached hydrogens (tertiary/aromatic N) is 12. The van der Waals surface area contributed by atoms with Crippen molar-refractivity contribution < 1.29 is 66.8 Å². The van der Waals surface area contributed by atoms with Crippen molar-refractivity contribution in [1.29, 1.82) is 0 Å². The van der Waals surface area contributed by atoms with E-state index < -0.39 is 22.4 Å². The Hall–Kier alpha value is -10.2. The molecular weight excluding hydrogens is 1620 g/mol. The van der Waals surface area contributed by atoms with Crippen LogP contribution in [0, 0.1) is 0 Å². The number of para-hydroxylation sites is 3. The maximum atomic E-state index is 11.9. The molecule has 4 aromatic heterocycles. The van der Waals surface area contributed by atoms with Crippen molar-refractivity contribution in [3.05, 3.63) is 195 Å². The Kier molecular flexibility index (Phi) is 30.0. The molecule has 0 saturated carbocycles. The first-order valence-corrected chi connectivity index (χ1v) is 43.7. The number of ether oxygens (including phenoxy) is 11. The van der Waals surface area contributed by atoms with Crippen molar-refractivity contribution in [3.8, 4) is 40.0 Å². The number of fused-ring (bicyclic) bond motifs is 4. The van der Waals surface area contributed by atoms with Crippen molar-refractivity contribution >= 4 is 69.9 Å². The molecule has 2 unspecified atom stereocenters. The first-order valence-electron chi connectivity index (χ1n) is 42.9. The summed E-state index contributed by atoms with van der Waals surface area (Å²) in [7, 11) is 0. The topological polar surface area (TPSA) is 320 Å². The number of morpholine rings is 4. The molecule has 124 heavy (non-hydrogen) atoms. The molecule has 5 aromatic carbocycles. The van der Waals surface area contributed by atoms with Gasteiger partial charge in [0.25, 0.3) is 0 Å². The quantitative estimate of drug-likeness (QED) is 0.0351. The smallest absolute Gasteiger partial charge is 0.319 e. The number of aromatic nitrogens is 8. The van der Waals surface area contributed by atoms with Gasteiger partial charge in [0.15, 0.2) is 11.6 Å². The second-order valence-corrected chi connectivity index (χ2v) is 33.2. The van der Waals surface area contributed by atoms with Crippen LogP contribution >= 0.6 is 23.2 Å². The molecule has 8 aliphatic heterocycles. The second-order valence-electron chi connectivity index (χ2n) is 32.6. The van der Waals surface area contributed by atoms with Gasteiger partial charge in [-0.3, -0.25) is 0 Å². The van der Waals surface area contributed by atoms with Crippen molar-refractivity contribution in [1.82, 2.24) is 50.5 Å².